The molecular weight excluding hydrogens is 540 g/mol. The summed E-state index contributed by atoms with van der Waals surface area (Å²) in [6.45, 7) is 30.0. The van der Waals surface area contributed by atoms with Crippen LogP contribution >= 0.6 is 0 Å². The summed E-state index contributed by atoms with van der Waals surface area (Å²) >= 11 is 0. The van der Waals surface area contributed by atoms with Gasteiger partial charge in [0.2, 0.25) is 0 Å². The summed E-state index contributed by atoms with van der Waals surface area (Å²) in [6.07, 6.45) is 2.33. The Hall–Kier alpha value is -3.12. The molecule has 0 heteroatoms. The standard InChI is InChI=1S/C19H22.C17H20.4C2H6.CH4/c1-19(2,3)18-16-10-6-4-8-14(16)12-13-15-9-5-7-11-17(15)18;1-17(2,3)16(14-10-6-4-7-11-14)15-12-8-5-9-13-15;4*1-2;/h4-11,18H,12-13H2,1-3H3;4-13,16H,1-3H3;4*1-2H3;1H4. The summed E-state index contributed by atoms with van der Waals surface area (Å²) in [6, 6.07) is 39.5. The largest absolute Gasteiger partial charge is 0.0776 e. The zero-order chi connectivity index (χ0) is 33.8. The Balaban J connectivity index is 0. The van der Waals surface area contributed by atoms with Gasteiger partial charge in [-0.25, -0.2) is 0 Å². The molecule has 0 fully saturated rings. The average molecular weight is 611 g/mol. The molecule has 0 N–H and O–H groups in total. The molecule has 0 saturated carbocycles. The van der Waals surface area contributed by atoms with Crippen LogP contribution < -0.4 is 0 Å². The van der Waals surface area contributed by atoms with Crippen LogP contribution in [0.25, 0.3) is 0 Å². The van der Waals surface area contributed by atoms with Gasteiger partial charge in [0.05, 0.1) is 0 Å². The fraction of sp³-hybridized carbons (Fsp3) is 0.467. The Bertz CT molecular complexity index is 1150. The molecule has 250 valence electrons. The molecule has 0 radical (unpaired) electrons. The minimum atomic E-state index is 0. The van der Waals surface area contributed by atoms with Crippen molar-refractivity contribution in [1.29, 1.82) is 0 Å². The topological polar surface area (TPSA) is 0 Å². The van der Waals surface area contributed by atoms with Crippen molar-refractivity contribution >= 4 is 0 Å². The van der Waals surface area contributed by atoms with Gasteiger partial charge in [0, 0.05) is 11.8 Å². The molecule has 0 saturated heterocycles. The first-order chi connectivity index (χ1) is 21.2. The van der Waals surface area contributed by atoms with Gasteiger partial charge in [-0.2, -0.15) is 0 Å². The quantitative estimate of drug-likeness (QED) is 0.212. The number of aryl methyl sites for hydroxylation is 2. The first-order valence-electron chi connectivity index (χ1n) is 17.4. The molecule has 0 aliphatic heterocycles. The van der Waals surface area contributed by atoms with E-state index in [-0.39, 0.29) is 18.3 Å². The molecular formula is C45H70. The SMILES string of the molecule is C.CC.CC.CC.CC.CC(C)(C)C(c1ccccc1)c1ccccc1.CC(C)(C)C1c2ccccc2CCc2ccccc21. The summed E-state index contributed by atoms with van der Waals surface area (Å²) in [5.41, 5.74) is 9.37. The maximum atomic E-state index is 2.36. The van der Waals surface area contributed by atoms with Gasteiger partial charge in [-0.05, 0) is 57.1 Å². The van der Waals surface area contributed by atoms with E-state index in [9.17, 15) is 0 Å². The maximum absolute atomic E-state index is 2.36. The highest BCUT2D eigenvalue weighted by molar-refractivity contribution is 5.46. The Morgan fingerprint density at radius 2 is 0.733 bits per heavy atom. The summed E-state index contributed by atoms with van der Waals surface area (Å²) in [5.74, 6) is 0.951. The van der Waals surface area contributed by atoms with Crippen LogP contribution in [-0.2, 0) is 12.8 Å². The van der Waals surface area contributed by atoms with Crippen molar-refractivity contribution < 1.29 is 0 Å². The number of benzene rings is 4. The second-order valence-electron chi connectivity index (χ2n) is 12.3. The van der Waals surface area contributed by atoms with E-state index in [1.165, 1.54) is 46.2 Å². The third kappa shape index (κ3) is 13.4. The van der Waals surface area contributed by atoms with Crippen molar-refractivity contribution in [1.82, 2.24) is 0 Å². The predicted molar refractivity (Wildman–Crippen MR) is 208 cm³/mol. The normalized spacial score (nSPS) is 11.5. The first-order valence-corrected chi connectivity index (χ1v) is 17.4. The lowest BCUT2D eigenvalue weighted by molar-refractivity contribution is 0.357. The number of fused-ring (bicyclic) bond motifs is 2. The second-order valence-corrected chi connectivity index (χ2v) is 12.3. The van der Waals surface area contributed by atoms with Gasteiger partial charge in [-0.3, -0.25) is 0 Å². The van der Waals surface area contributed by atoms with Crippen LogP contribution in [0.15, 0.2) is 109 Å². The maximum Gasteiger partial charge on any atom is 0.0143 e. The summed E-state index contributed by atoms with van der Waals surface area (Å²) < 4.78 is 0. The molecule has 0 unspecified atom stereocenters. The van der Waals surface area contributed by atoms with Crippen LogP contribution in [0.4, 0.5) is 0 Å². The number of hydrogen-bond donors (Lipinski definition) is 0. The van der Waals surface area contributed by atoms with Crippen LogP contribution in [0.5, 0.6) is 0 Å². The first kappa shape index (κ1) is 44.0. The minimum Gasteiger partial charge on any atom is -0.0776 e. The molecule has 0 aromatic heterocycles. The summed E-state index contributed by atoms with van der Waals surface area (Å²) in [4.78, 5) is 0. The molecule has 0 spiro atoms. The van der Waals surface area contributed by atoms with Gasteiger partial charge in [0.25, 0.3) is 0 Å². The van der Waals surface area contributed by atoms with E-state index in [4.69, 9.17) is 0 Å². The van der Waals surface area contributed by atoms with E-state index in [0.717, 1.165) is 0 Å². The molecule has 1 aliphatic carbocycles. The second kappa shape index (κ2) is 23.3. The van der Waals surface area contributed by atoms with Gasteiger partial charge in [-0.1, -0.05) is 214 Å². The van der Waals surface area contributed by atoms with Crippen molar-refractivity contribution in [2.45, 2.75) is 129 Å². The van der Waals surface area contributed by atoms with Gasteiger partial charge < -0.3 is 0 Å². The summed E-state index contributed by atoms with van der Waals surface area (Å²) in [5, 5.41) is 0. The van der Waals surface area contributed by atoms with E-state index in [2.05, 4.69) is 151 Å². The van der Waals surface area contributed by atoms with Crippen LogP contribution in [0.1, 0.15) is 150 Å². The Labute approximate surface area is 281 Å². The zero-order valence-corrected chi connectivity index (χ0v) is 31.0. The highest BCUT2D eigenvalue weighted by Crippen LogP contribution is 2.45. The van der Waals surface area contributed by atoms with Crippen molar-refractivity contribution in [3.63, 3.8) is 0 Å². The van der Waals surface area contributed by atoms with Gasteiger partial charge in [-0.15, -0.1) is 0 Å². The number of rotatable bonds is 2. The molecule has 0 heterocycles. The highest BCUT2D eigenvalue weighted by Gasteiger charge is 2.32. The molecule has 0 atom stereocenters. The van der Waals surface area contributed by atoms with E-state index >= 15 is 0 Å². The molecule has 1 aliphatic rings. The van der Waals surface area contributed by atoms with Crippen molar-refractivity contribution in [3.8, 4) is 0 Å². The van der Waals surface area contributed by atoms with E-state index in [0.29, 0.717) is 11.8 Å². The fourth-order valence-corrected chi connectivity index (χ4v) is 5.94. The highest BCUT2D eigenvalue weighted by atomic mass is 14.4. The lowest BCUT2D eigenvalue weighted by atomic mass is 9.71. The third-order valence-corrected chi connectivity index (χ3v) is 7.39. The van der Waals surface area contributed by atoms with Crippen molar-refractivity contribution in [2.75, 3.05) is 0 Å². The lowest BCUT2D eigenvalue weighted by Crippen LogP contribution is -2.20. The fourth-order valence-electron chi connectivity index (χ4n) is 5.94. The monoisotopic (exact) mass is 611 g/mol. The molecule has 0 bridgehead atoms. The Morgan fingerprint density at radius 3 is 1.02 bits per heavy atom. The molecule has 45 heavy (non-hydrogen) atoms. The smallest absolute Gasteiger partial charge is 0.0143 e. The van der Waals surface area contributed by atoms with E-state index < -0.39 is 0 Å². The third-order valence-electron chi connectivity index (χ3n) is 7.39. The molecule has 4 aromatic carbocycles. The molecule has 5 rings (SSSR count). The molecule has 4 aromatic rings. The van der Waals surface area contributed by atoms with Gasteiger partial charge in [0.1, 0.15) is 0 Å². The Morgan fingerprint density at radius 1 is 0.444 bits per heavy atom. The lowest BCUT2D eigenvalue weighted by Gasteiger charge is -2.33. The van der Waals surface area contributed by atoms with Crippen LogP contribution in [0, 0.1) is 10.8 Å². The van der Waals surface area contributed by atoms with E-state index in [1.807, 2.05) is 55.4 Å². The van der Waals surface area contributed by atoms with Crippen molar-refractivity contribution in [3.05, 3.63) is 143 Å². The predicted octanol–water partition coefficient (Wildman–Crippen LogP) is 14.6. The van der Waals surface area contributed by atoms with Gasteiger partial charge >= 0.3 is 0 Å². The molecule has 0 nitrogen and oxygen atoms in total. The van der Waals surface area contributed by atoms with Crippen LogP contribution in [0.3, 0.4) is 0 Å². The number of hydrogen-bond acceptors (Lipinski definition) is 0. The van der Waals surface area contributed by atoms with Crippen LogP contribution in [0.2, 0.25) is 0 Å². The minimum absolute atomic E-state index is 0. The summed E-state index contributed by atoms with van der Waals surface area (Å²) in [7, 11) is 0. The van der Waals surface area contributed by atoms with Crippen molar-refractivity contribution in [2.24, 2.45) is 10.8 Å². The van der Waals surface area contributed by atoms with Crippen LogP contribution in [-0.4, -0.2) is 0 Å². The Kier molecular flexibility index (Phi) is 22.7. The molecule has 0 amide bonds. The van der Waals surface area contributed by atoms with E-state index in [1.54, 1.807) is 0 Å². The zero-order valence-electron chi connectivity index (χ0n) is 31.0. The van der Waals surface area contributed by atoms with Gasteiger partial charge in [0.15, 0.2) is 0 Å². The average Bonchev–Trinajstić information content (AvgIpc) is 3.23.